The van der Waals surface area contributed by atoms with Crippen molar-refractivity contribution in [2.75, 3.05) is 19.6 Å². The molecule has 1 aromatic rings. The minimum Gasteiger partial charge on any atom is -0.356 e. The van der Waals surface area contributed by atoms with Crippen molar-refractivity contribution in [1.29, 1.82) is 0 Å². The third-order valence-corrected chi connectivity index (χ3v) is 6.74. The molecule has 2 fully saturated rings. The van der Waals surface area contributed by atoms with Crippen LogP contribution in [0.4, 0.5) is 0 Å². The van der Waals surface area contributed by atoms with E-state index in [-0.39, 0.29) is 42.3 Å². The Morgan fingerprint density at radius 1 is 1.13 bits per heavy atom. The predicted molar refractivity (Wildman–Crippen MR) is 122 cm³/mol. The fraction of sp³-hybridized carbons (Fsp3) is 0.640. The van der Waals surface area contributed by atoms with Gasteiger partial charge in [0.05, 0.1) is 12.0 Å². The molecular weight excluding hydrogens is 390 g/mol. The highest BCUT2D eigenvalue weighted by molar-refractivity contribution is 5.99. The number of carbonyl (C=O) groups excluding carboxylic acids is 3. The molecule has 0 unspecified atom stereocenters. The number of piperazine rings is 1. The average molecular weight is 428 g/mol. The Kier molecular flexibility index (Phi) is 7.07. The van der Waals surface area contributed by atoms with Crippen LogP contribution >= 0.6 is 0 Å². The number of amides is 3. The predicted octanol–water partition coefficient (Wildman–Crippen LogP) is 3.23. The number of carbonyl (C=O) groups is 3. The summed E-state index contributed by atoms with van der Waals surface area (Å²) >= 11 is 0. The standard InChI is InChI=1S/C25H37N3O3/c1-7-8-26-24(30)21-12-19-13-27(14-23(29)28(19)22(21)9-15(2)3)25(31)20-11-17(5)16(4)10-18(20)6/h10-11,15,19,21-22H,7-9,12-14H2,1-6H3,(H,26,30)/t19-,21-,22-/m0/s1. The van der Waals surface area contributed by atoms with Gasteiger partial charge in [0.1, 0.15) is 6.54 Å². The first kappa shape index (κ1) is 23.3. The second-order valence-electron chi connectivity index (χ2n) is 9.72. The highest BCUT2D eigenvalue weighted by Gasteiger charge is 2.50. The zero-order chi connectivity index (χ0) is 22.9. The summed E-state index contributed by atoms with van der Waals surface area (Å²) in [7, 11) is 0. The van der Waals surface area contributed by atoms with Crippen molar-refractivity contribution in [3.63, 3.8) is 0 Å². The van der Waals surface area contributed by atoms with Gasteiger partial charge in [0.15, 0.2) is 0 Å². The van der Waals surface area contributed by atoms with Crippen molar-refractivity contribution in [1.82, 2.24) is 15.1 Å². The molecule has 2 aliphatic rings. The van der Waals surface area contributed by atoms with Crippen molar-refractivity contribution in [3.8, 4) is 0 Å². The molecule has 31 heavy (non-hydrogen) atoms. The second-order valence-corrected chi connectivity index (χ2v) is 9.72. The van der Waals surface area contributed by atoms with Gasteiger partial charge in [0.25, 0.3) is 5.91 Å². The molecule has 1 aromatic carbocycles. The summed E-state index contributed by atoms with van der Waals surface area (Å²) in [5, 5.41) is 3.02. The van der Waals surface area contributed by atoms with Crippen LogP contribution in [-0.2, 0) is 9.59 Å². The number of hydrogen-bond acceptors (Lipinski definition) is 3. The van der Waals surface area contributed by atoms with Crippen LogP contribution in [0.2, 0.25) is 0 Å². The van der Waals surface area contributed by atoms with E-state index in [0.717, 1.165) is 29.5 Å². The molecule has 0 aliphatic carbocycles. The van der Waals surface area contributed by atoms with Crippen molar-refractivity contribution in [3.05, 3.63) is 34.4 Å². The van der Waals surface area contributed by atoms with Crippen molar-refractivity contribution >= 4 is 17.7 Å². The third-order valence-electron chi connectivity index (χ3n) is 6.74. The number of hydrogen-bond donors (Lipinski definition) is 1. The van der Waals surface area contributed by atoms with E-state index in [9.17, 15) is 14.4 Å². The smallest absolute Gasteiger partial charge is 0.254 e. The Balaban J connectivity index is 1.83. The molecule has 3 rings (SSSR count). The van der Waals surface area contributed by atoms with Crippen LogP contribution in [0.5, 0.6) is 0 Å². The zero-order valence-electron chi connectivity index (χ0n) is 19.8. The van der Waals surface area contributed by atoms with Crippen LogP contribution in [0.1, 0.15) is 67.1 Å². The summed E-state index contributed by atoms with van der Waals surface area (Å²) in [4.78, 5) is 43.0. The zero-order valence-corrected chi connectivity index (χ0v) is 19.8. The Bertz CT molecular complexity index is 864. The molecule has 1 N–H and O–H groups in total. The lowest BCUT2D eigenvalue weighted by Crippen LogP contribution is -2.58. The highest BCUT2D eigenvalue weighted by atomic mass is 16.2. The summed E-state index contributed by atoms with van der Waals surface area (Å²) in [5.41, 5.74) is 3.83. The first-order valence-corrected chi connectivity index (χ1v) is 11.6. The number of nitrogens with one attached hydrogen (secondary N) is 1. The molecule has 0 aromatic heterocycles. The van der Waals surface area contributed by atoms with Crippen molar-refractivity contribution < 1.29 is 14.4 Å². The lowest BCUT2D eigenvalue weighted by Gasteiger charge is -2.40. The van der Waals surface area contributed by atoms with E-state index in [1.54, 1.807) is 4.90 Å². The molecule has 0 spiro atoms. The van der Waals surface area contributed by atoms with Gasteiger partial charge in [-0.2, -0.15) is 0 Å². The van der Waals surface area contributed by atoms with Crippen LogP contribution in [0.25, 0.3) is 0 Å². The maximum absolute atomic E-state index is 13.3. The average Bonchev–Trinajstić information content (AvgIpc) is 3.06. The third kappa shape index (κ3) is 4.78. The minimum atomic E-state index is -0.207. The largest absolute Gasteiger partial charge is 0.356 e. The van der Waals surface area contributed by atoms with Gasteiger partial charge in [0, 0.05) is 24.7 Å². The topological polar surface area (TPSA) is 69.7 Å². The van der Waals surface area contributed by atoms with Crippen LogP contribution in [-0.4, -0.2) is 59.2 Å². The molecule has 170 valence electrons. The molecule has 3 atom stereocenters. The Morgan fingerprint density at radius 2 is 1.81 bits per heavy atom. The molecule has 6 nitrogen and oxygen atoms in total. The Hall–Kier alpha value is -2.37. The number of rotatable bonds is 6. The van der Waals surface area contributed by atoms with Crippen LogP contribution in [0.3, 0.4) is 0 Å². The van der Waals surface area contributed by atoms with E-state index in [1.807, 2.05) is 44.7 Å². The first-order chi connectivity index (χ1) is 14.6. The van der Waals surface area contributed by atoms with Gasteiger partial charge < -0.3 is 15.1 Å². The fourth-order valence-corrected chi connectivity index (χ4v) is 5.08. The summed E-state index contributed by atoms with van der Waals surface area (Å²) < 4.78 is 0. The number of benzene rings is 1. The summed E-state index contributed by atoms with van der Waals surface area (Å²) in [5.74, 6) is 0.0881. The van der Waals surface area contributed by atoms with Gasteiger partial charge >= 0.3 is 0 Å². The van der Waals surface area contributed by atoms with Crippen LogP contribution in [0, 0.1) is 32.6 Å². The SMILES string of the molecule is CCCNC(=O)[C@H]1C[C@H]2CN(C(=O)c3cc(C)c(C)cc3C)CC(=O)N2[C@H]1CC(C)C. The van der Waals surface area contributed by atoms with Crippen LogP contribution < -0.4 is 5.32 Å². The monoisotopic (exact) mass is 427 g/mol. The van der Waals surface area contributed by atoms with Crippen molar-refractivity contribution in [2.45, 2.75) is 72.9 Å². The van der Waals surface area contributed by atoms with E-state index < -0.39 is 0 Å². The molecular formula is C25H37N3O3. The summed E-state index contributed by atoms with van der Waals surface area (Å²) in [6.07, 6.45) is 2.31. The molecule has 6 heteroatoms. The lowest BCUT2D eigenvalue weighted by molar-refractivity contribution is -0.140. The second kappa shape index (κ2) is 9.41. The lowest BCUT2D eigenvalue weighted by atomic mass is 9.91. The maximum atomic E-state index is 13.3. The molecule has 0 saturated carbocycles. The van der Waals surface area contributed by atoms with E-state index in [4.69, 9.17) is 0 Å². The first-order valence-electron chi connectivity index (χ1n) is 11.6. The van der Waals surface area contributed by atoms with E-state index in [1.165, 1.54) is 0 Å². The molecule has 2 heterocycles. The van der Waals surface area contributed by atoms with Gasteiger partial charge in [0.2, 0.25) is 11.8 Å². The number of aryl methyl sites for hydroxylation is 3. The highest BCUT2D eigenvalue weighted by Crippen LogP contribution is 2.37. The molecule has 2 saturated heterocycles. The van der Waals surface area contributed by atoms with Crippen LogP contribution in [0.15, 0.2) is 12.1 Å². The Labute approximate surface area is 186 Å². The van der Waals surface area contributed by atoms with E-state index >= 15 is 0 Å². The fourth-order valence-electron chi connectivity index (χ4n) is 5.08. The van der Waals surface area contributed by atoms with Gasteiger partial charge in [-0.1, -0.05) is 26.8 Å². The maximum Gasteiger partial charge on any atom is 0.254 e. The molecule has 0 radical (unpaired) electrons. The van der Waals surface area contributed by atoms with Gasteiger partial charge in [-0.3, -0.25) is 14.4 Å². The molecule has 3 amide bonds. The van der Waals surface area contributed by atoms with Crippen molar-refractivity contribution in [2.24, 2.45) is 11.8 Å². The normalized spacial score (nSPS) is 23.3. The summed E-state index contributed by atoms with van der Waals surface area (Å²) in [6.45, 7) is 13.5. The Morgan fingerprint density at radius 3 is 2.45 bits per heavy atom. The van der Waals surface area contributed by atoms with Gasteiger partial charge in [-0.15, -0.1) is 0 Å². The minimum absolute atomic E-state index is 0.0393. The quantitative estimate of drug-likeness (QED) is 0.758. The summed E-state index contributed by atoms with van der Waals surface area (Å²) in [6, 6.07) is 3.78. The van der Waals surface area contributed by atoms with Gasteiger partial charge in [-0.05, 0) is 68.7 Å². The van der Waals surface area contributed by atoms with Gasteiger partial charge in [-0.25, -0.2) is 0 Å². The number of nitrogens with zero attached hydrogens (tertiary/aromatic N) is 2. The van der Waals surface area contributed by atoms with E-state index in [0.29, 0.717) is 31.0 Å². The molecule has 2 aliphatic heterocycles. The number of fused-ring (bicyclic) bond motifs is 1. The molecule has 0 bridgehead atoms. The van der Waals surface area contributed by atoms with E-state index in [2.05, 4.69) is 19.2 Å².